The van der Waals surface area contributed by atoms with Crippen molar-refractivity contribution in [3.63, 3.8) is 0 Å². The maximum Gasteiger partial charge on any atom is 0.258 e. The first kappa shape index (κ1) is 24.6. The first-order valence-corrected chi connectivity index (χ1v) is 12.5. The Morgan fingerprint density at radius 2 is 1.66 bits per heavy atom. The fourth-order valence-corrected chi connectivity index (χ4v) is 4.38. The molecule has 1 aliphatic heterocycles. The summed E-state index contributed by atoms with van der Waals surface area (Å²) in [6.45, 7) is 4.69. The third kappa shape index (κ3) is 6.76. The molecule has 2 N–H and O–H groups in total. The molecule has 3 aromatic rings. The maximum atomic E-state index is 13.5. The standard InChI is InChI=1S/C29H34N4O2/c1-22-7-9-23(10-8-22)20-32-28(34)25-11-12-27-26(19-25)21-31-15-5-3-2-4-6-18-33(27)29(35)24-13-16-30-17-14-24/h7-14,16-17,19,31H,2-6,15,18,20-21H2,1H3,(H,32,34). The van der Waals surface area contributed by atoms with Crippen LogP contribution in [0.3, 0.4) is 0 Å². The second-order valence-electron chi connectivity index (χ2n) is 9.15. The number of carbonyl (C=O) groups is 2. The SMILES string of the molecule is Cc1ccc(CNC(=O)c2ccc3c(c2)CNCCCCCCCN3C(=O)c2ccncc2)cc1. The van der Waals surface area contributed by atoms with Gasteiger partial charge in [0.1, 0.15) is 0 Å². The number of hydrogen-bond donors (Lipinski definition) is 2. The van der Waals surface area contributed by atoms with Crippen LogP contribution in [0.4, 0.5) is 5.69 Å². The quantitative estimate of drug-likeness (QED) is 0.561. The van der Waals surface area contributed by atoms with Crippen molar-refractivity contribution in [1.82, 2.24) is 15.6 Å². The van der Waals surface area contributed by atoms with Crippen LogP contribution in [-0.2, 0) is 13.1 Å². The number of rotatable bonds is 4. The Balaban J connectivity index is 1.59. The topological polar surface area (TPSA) is 74.3 Å². The minimum absolute atomic E-state index is 0.0396. The number of fused-ring (bicyclic) bond motifs is 1. The number of anilines is 1. The number of aromatic nitrogens is 1. The van der Waals surface area contributed by atoms with E-state index in [1.165, 1.54) is 18.4 Å². The third-order valence-corrected chi connectivity index (χ3v) is 6.43. The number of nitrogens with one attached hydrogen (secondary N) is 2. The number of carbonyl (C=O) groups excluding carboxylic acids is 2. The van der Waals surface area contributed by atoms with Gasteiger partial charge >= 0.3 is 0 Å². The van der Waals surface area contributed by atoms with E-state index in [1.54, 1.807) is 24.5 Å². The molecule has 0 atom stereocenters. The fourth-order valence-electron chi connectivity index (χ4n) is 4.38. The van der Waals surface area contributed by atoms with E-state index in [1.807, 2.05) is 54.3 Å². The van der Waals surface area contributed by atoms with Crippen molar-refractivity contribution in [3.05, 3.63) is 94.8 Å². The molecule has 2 amide bonds. The molecule has 0 fully saturated rings. The summed E-state index contributed by atoms with van der Waals surface area (Å²) in [4.78, 5) is 32.4. The van der Waals surface area contributed by atoms with E-state index in [0.29, 0.717) is 30.8 Å². The van der Waals surface area contributed by atoms with Crippen molar-refractivity contribution in [2.75, 3.05) is 18.0 Å². The van der Waals surface area contributed by atoms with Crippen molar-refractivity contribution in [1.29, 1.82) is 0 Å². The van der Waals surface area contributed by atoms with Crippen LogP contribution in [0.5, 0.6) is 0 Å². The van der Waals surface area contributed by atoms with Gasteiger partial charge in [-0.1, -0.05) is 49.1 Å². The van der Waals surface area contributed by atoms with E-state index >= 15 is 0 Å². The maximum absolute atomic E-state index is 13.5. The summed E-state index contributed by atoms with van der Waals surface area (Å²) in [5.74, 6) is -0.159. The van der Waals surface area contributed by atoms with Gasteiger partial charge in [0.2, 0.25) is 0 Å². The van der Waals surface area contributed by atoms with Gasteiger partial charge in [0, 0.05) is 48.8 Å². The predicted molar refractivity (Wildman–Crippen MR) is 139 cm³/mol. The van der Waals surface area contributed by atoms with Crippen molar-refractivity contribution < 1.29 is 9.59 Å². The van der Waals surface area contributed by atoms with Gasteiger partial charge in [0.05, 0.1) is 0 Å². The largest absolute Gasteiger partial charge is 0.348 e. The average Bonchev–Trinajstić information content (AvgIpc) is 2.88. The van der Waals surface area contributed by atoms with E-state index < -0.39 is 0 Å². The van der Waals surface area contributed by atoms with E-state index in [-0.39, 0.29) is 11.8 Å². The summed E-state index contributed by atoms with van der Waals surface area (Å²) in [5.41, 5.74) is 5.28. The minimum Gasteiger partial charge on any atom is -0.348 e. The van der Waals surface area contributed by atoms with Gasteiger partial charge in [-0.3, -0.25) is 14.6 Å². The molecule has 182 valence electrons. The molecule has 2 heterocycles. The van der Waals surface area contributed by atoms with Crippen LogP contribution >= 0.6 is 0 Å². The molecule has 0 saturated heterocycles. The summed E-state index contributed by atoms with van der Waals surface area (Å²) < 4.78 is 0. The van der Waals surface area contributed by atoms with E-state index in [4.69, 9.17) is 0 Å². The zero-order valence-electron chi connectivity index (χ0n) is 20.4. The van der Waals surface area contributed by atoms with E-state index in [9.17, 15) is 9.59 Å². The molecule has 6 nitrogen and oxygen atoms in total. The first-order valence-electron chi connectivity index (χ1n) is 12.5. The van der Waals surface area contributed by atoms with Gasteiger partial charge in [-0.05, 0) is 67.8 Å². The van der Waals surface area contributed by atoms with Crippen LogP contribution in [0.2, 0.25) is 0 Å². The lowest BCUT2D eigenvalue weighted by molar-refractivity contribution is 0.0949. The van der Waals surface area contributed by atoms with E-state index in [2.05, 4.69) is 15.6 Å². The highest BCUT2D eigenvalue weighted by atomic mass is 16.2. The molecule has 0 saturated carbocycles. The molecule has 2 aromatic carbocycles. The summed E-state index contributed by atoms with van der Waals surface area (Å²) in [6.07, 6.45) is 8.82. The number of amides is 2. The van der Waals surface area contributed by atoms with Crippen LogP contribution in [0.1, 0.15) is 69.5 Å². The highest BCUT2D eigenvalue weighted by Crippen LogP contribution is 2.26. The Bertz CT molecular complexity index is 1130. The molecule has 4 rings (SSSR count). The Morgan fingerprint density at radius 3 is 2.46 bits per heavy atom. The monoisotopic (exact) mass is 470 g/mol. The number of benzene rings is 2. The molecule has 0 radical (unpaired) electrons. The van der Waals surface area contributed by atoms with Gasteiger partial charge < -0.3 is 15.5 Å². The summed E-state index contributed by atoms with van der Waals surface area (Å²) >= 11 is 0. The van der Waals surface area contributed by atoms with Crippen molar-refractivity contribution >= 4 is 17.5 Å². The molecular formula is C29H34N4O2. The Labute approximate surface area is 207 Å². The second kappa shape index (κ2) is 12.3. The molecule has 0 spiro atoms. The fraction of sp³-hybridized carbons (Fsp3) is 0.345. The Kier molecular flexibility index (Phi) is 8.63. The molecule has 1 aliphatic rings. The van der Waals surface area contributed by atoms with Gasteiger partial charge in [-0.2, -0.15) is 0 Å². The van der Waals surface area contributed by atoms with Crippen molar-refractivity contribution in [2.45, 2.75) is 52.1 Å². The van der Waals surface area contributed by atoms with Crippen LogP contribution in [0.25, 0.3) is 0 Å². The Morgan fingerprint density at radius 1 is 0.914 bits per heavy atom. The number of aryl methyl sites for hydroxylation is 1. The molecule has 0 aliphatic carbocycles. The number of nitrogens with zero attached hydrogens (tertiary/aromatic N) is 2. The van der Waals surface area contributed by atoms with E-state index in [0.717, 1.165) is 42.6 Å². The molecule has 6 heteroatoms. The highest BCUT2D eigenvalue weighted by Gasteiger charge is 2.21. The predicted octanol–water partition coefficient (Wildman–Crippen LogP) is 5.02. The van der Waals surface area contributed by atoms with Gasteiger partial charge in [-0.25, -0.2) is 0 Å². The van der Waals surface area contributed by atoms with Crippen molar-refractivity contribution in [2.24, 2.45) is 0 Å². The highest BCUT2D eigenvalue weighted by molar-refractivity contribution is 6.06. The molecule has 0 unspecified atom stereocenters. The van der Waals surface area contributed by atoms with Crippen LogP contribution < -0.4 is 15.5 Å². The van der Waals surface area contributed by atoms with Crippen LogP contribution in [0, 0.1) is 6.92 Å². The first-order chi connectivity index (χ1) is 17.1. The summed E-state index contributed by atoms with van der Waals surface area (Å²) in [5, 5.41) is 6.53. The van der Waals surface area contributed by atoms with Crippen LogP contribution in [0.15, 0.2) is 67.0 Å². The summed E-state index contributed by atoms with van der Waals surface area (Å²) in [6, 6.07) is 17.3. The summed E-state index contributed by atoms with van der Waals surface area (Å²) in [7, 11) is 0. The Hall–Kier alpha value is -3.51. The lowest BCUT2D eigenvalue weighted by Crippen LogP contribution is -2.34. The van der Waals surface area contributed by atoms with Crippen molar-refractivity contribution in [3.8, 4) is 0 Å². The number of hydrogen-bond acceptors (Lipinski definition) is 4. The zero-order chi connectivity index (χ0) is 24.5. The lowest BCUT2D eigenvalue weighted by Gasteiger charge is -2.27. The normalized spacial score (nSPS) is 14.8. The minimum atomic E-state index is -0.119. The third-order valence-electron chi connectivity index (χ3n) is 6.43. The van der Waals surface area contributed by atoms with Crippen LogP contribution in [-0.4, -0.2) is 29.9 Å². The van der Waals surface area contributed by atoms with Gasteiger partial charge in [0.15, 0.2) is 0 Å². The molecule has 1 aromatic heterocycles. The molecule has 0 bridgehead atoms. The smallest absolute Gasteiger partial charge is 0.258 e. The molecular weight excluding hydrogens is 436 g/mol. The zero-order valence-corrected chi connectivity index (χ0v) is 20.4. The number of pyridine rings is 1. The van der Waals surface area contributed by atoms with Gasteiger partial charge in [0.25, 0.3) is 11.8 Å². The average molecular weight is 471 g/mol. The lowest BCUT2D eigenvalue weighted by atomic mass is 10.0. The van der Waals surface area contributed by atoms with Gasteiger partial charge in [-0.15, -0.1) is 0 Å². The second-order valence-corrected chi connectivity index (χ2v) is 9.15. The molecule has 35 heavy (non-hydrogen) atoms.